The first-order valence-electron chi connectivity index (χ1n) is 3.51. The molecular formula is C9H6BrFO2. The SMILES string of the molecule is CC(=O)c1cc(F)c(Br)cc1C=O. The van der Waals surface area contributed by atoms with Crippen molar-refractivity contribution < 1.29 is 14.0 Å². The summed E-state index contributed by atoms with van der Waals surface area (Å²) in [5, 5.41) is 0. The third-order valence-corrected chi connectivity index (χ3v) is 2.21. The van der Waals surface area contributed by atoms with Gasteiger partial charge in [-0.2, -0.15) is 0 Å². The second-order valence-corrected chi connectivity index (χ2v) is 3.38. The highest BCUT2D eigenvalue weighted by molar-refractivity contribution is 9.10. The predicted octanol–water partition coefficient (Wildman–Crippen LogP) is 2.60. The first kappa shape index (κ1) is 10.1. The van der Waals surface area contributed by atoms with Gasteiger partial charge in [-0.15, -0.1) is 0 Å². The Kier molecular flexibility index (Phi) is 2.93. The van der Waals surface area contributed by atoms with Crippen LogP contribution in [0.2, 0.25) is 0 Å². The molecule has 0 aromatic heterocycles. The summed E-state index contributed by atoms with van der Waals surface area (Å²) in [6, 6.07) is 2.34. The molecule has 0 unspecified atom stereocenters. The van der Waals surface area contributed by atoms with Gasteiger partial charge in [0.05, 0.1) is 4.47 Å². The summed E-state index contributed by atoms with van der Waals surface area (Å²) in [5.41, 5.74) is 0.302. The van der Waals surface area contributed by atoms with E-state index in [9.17, 15) is 14.0 Å². The van der Waals surface area contributed by atoms with Gasteiger partial charge < -0.3 is 0 Å². The lowest BCUT2D eigenvalue weighted by molar-refractivity contribution is 0.100. The molecule has 0 bridgehead atoms. The van der Waals surface area contributed by atoms with Gasteiger partial charge in [-0.1, -0.05) is 0 Å². The highest BCUT2D eigenvalue weighted by atomic mass is 79.9. The van der Waals surface area contributed by atoms with E-state index in [0.29, 0.717) is 6.29 Å². The molecule has 0 aliphatic carbocycles. The number of ketones is 1. The number of hydrogen-bond donors (Lipinski definition) is 0. The van der Waals surface area contributed by atoms with Crippen molar-refractivity contribution in [3.63, 3.8) is 0 Å². The molecule has 0 aliphatic heterocycles. The summed E-state index contributed by atoms with van der Waals surface area (Å²) >= 11 is 2.92. The zero-order valence-corrected chi connectivity index (χ0v) is 8.39. The van der Waals surface area contributed by atoms with E-state index in [1.807, 2.05) is 0 Å². The Morgan fingerprint density at radius 1 is 1.54 bits per heavy atom. The Labute approximate surface area is 82.9 Å². The minimum atomic E-state index is -0.546. The number of aldehydes is 1. The molecule has 0 heterocycles. The van der Waals surface area contributed by atoms with E-state index in [-0.39, 0.29) is 21.4 Å². The molecule has 0 spiro atoms. The second-order valence-electron chi connectivity index (χ2n) is 2.53. The Balaban J connectivity index is 3.41. The van der Waals surface area contributed by atoms with Crippen LogP contribution in [0, 0.1) is 5.82 Å². The first-order valence-corrected chi connectivity index (χ1v) is 4.30. The fourth-order valence-corrected chi connectivity index (χ4v) is 1.33. The Morgan fingerprint density at radius 3 is 2.62 bits per heavy atom. The van der Waals surface area contributed by atoms with Gasteiger partial charge in [-0.05, 0) is 35.0 Å². The van der Waals surface area contributed by atoms with Crippen LogP contribution in [0.1, 0.15) is 27.6 Å². The van der Waals surface area contributed by atoms with E-state index < -0.39 is 5.82 Å². The van der Waals surface area contributed by atoms with Crippen LogP contribution in [0.15, 0.2) is 16.6 Å². The van der Waals surface area contributed by atoms with Crippen LogP contribution < -0.4 is 0 Å². The molecular weight excluding hydrogens is 239 g/mol. The van der Waals surface area contributed by atoms with Crippen LogP contribution in [0.4, 0.5) is 4.39 Å². The van der Waals surface area contributed by atoms with Gasteiger partial charge in [0, 0.05) is 11.1 Å². The van der Waals surface area contributed by atoms with Crippen LogP contribution >= 0.6 is 15.9 Å². The quantitative estimate of drug-likeness (QED) is 0.592. The predicted molar refractivity (Wildman–Crippen MR) is 49.5 cm³/mol. The molecule has 1 aromatic rings. The normalized spacial score (nSPS) is 9.77. The van der Waals surface area contributed by atoms with Crippen LogP contribution in [0.25, 0.3) is 0 Å². The third-order valence-electron chi connectivity index (χ3n) is 1.60. The minimum absolute atomic E-state index is 0.107. The van der Waals surface area contributed by atoms with Crippen LogP contribution in [0.5, 0.6) is 0 Å². The fraction of sp³-hybridized carbons (Fsp3) is 0.111. The Morgan fingerprint density at radius 2 is 2.15 bits per heavy atom. The molecule has 0 aliphatic rings. The molecule has 0 radical (unpaired) electrons. The van der Waals surface area contributed by atoms with Gasteiger partial charge >= 0.3 is 0 Å². The topological polar surface area (TPSA) is 34.1 Å². The highest BCUT2D eigenvalue weighted by Crippen LogP contribution is 2.20. The van der Waals surface area contributed by atoms with E-state index >= 15 is 0 Å². The monoisotopic (exact) mass is 244 g/mol. The molecule has 13 heavy (non-hydrogen) atoms. The zero-order valence-electron chi connectivity index (χ0n) is 6.80. The molecule has 0 fully saturated rings. The van der Waals surface area contributed by atoms with E-state index in [1.165, 1.54) is 13.0 Å². The molecule has 1 rings (SSSR count). The molecule has 68 valence electrons. The maximum absolute atomic E-state index is 12.9. The van der Waals surface area contributed by atoms with E-state index in [0.717, 1.165) is 6.07 Å². The van der Waals surface area contributed by atoms with Crippen molar-refractivity contribution >= 4 is 28.0 Å². The summed E-state index contributed by atoms with van der Waals surface area (Å²) in [4.78, 5) is 21.4. The average Bonchev–Trinajstić information content (AvgIpc) is 2.08. The number of halogens is 2. The summed E-state index contributed by atoms with van der Waals surface area (Å²) in [6.45, 7) is 1.29. The van der Waals surface area contributed by atoms with E-state index in [1.54, 1.807) is 0 Å². The largest absolute Gasteiger partial charge is 0.298 e. The van der Waals surface area contributed by atoms with Crippen molar-refractivity contribution in [1.29, 1.82) is 0 Å². The lowest BCUT2D eigenvalue weighted by atomic mass is 10.1. The van der Waals surface area contributed by atoms with Gasteiger partial charge in [0.1, 0.15) is 5.82 Å². The molecule has 0 N–H and O–H groups in total. The summed E-state index contributed by atoms with van der Waals surface area (Å²) < 4.78 is 13.1. The molecule has 0 amide bonds. The van der Waals surface area contributed by atoms with Gasteiger partial charge in [0.2, 0.25) is 0 Å². The number of hydrogen-bond acceptors (Lipinski definition) is 2. The Bertz CT molecular complexity index is 374. The van der Waals surface area contributed by atoms with Crippen molar-refractivity contribution in [3.05, 3.63) is 33.5 Å². The highest BCUT2D eigenvalue weighted by Gasteiger charge is 2.10. The van der Waals surface area contributed by atoms with Crippen molar-refractivity contribution in [1.82, 2.24) is 0 Å². The van der Waals surface area contributed by atoms with Crippen LogP contribution in [0.3, 0.4) is 0 Å². The van der Waals surface area contributed by atoms with Crippen LogP contribution in [-0.4, -0.2) is 12.1 Å². The number of rotatable bonds is 2. The van der Waals surface area contributed by atoms with Crippen molar-refractivity contribution in [2.45, 2.75) is 6.92 Å². The standard InChI is InChI=1S/C9H6BrFO2/c1-5(13)7-3-9(11)8(10)2-6(7)4-12/h2-4H,1H3. The van der Waals surface area contributed by atoms with Crippen molar-refractivity contribution in [3.8, 4) is 0 Å². The molecule has 2 nitrogen and oxygen atoms in total. The van der Waals surface area contributed by atoms with Crippen molar-refractivity contribution in [2.75, 3.05) is 0 Å². The maximum atomic E-state index is 12.9. The summed E-state index contributed by atoms with van der Waals surface area (Å²) in [5.74, 6) is -0.871. The smallest absolute Gasteiger partial charge is 0.160 e. The summed E-state index contributed by atoms with van der Waals surface area (Å²) in [6.07, 6.45) is 0.529. The van der Waals surface area contributed by atoms with E-state index in [2.05, 4.69) is 15.9 Å². The molecule has 1 aromatic carbocycles. The first-order chi connectivity index (χ1) is 6.06. The van der Waals surface area contributed by atoms with Crippen molar-refractivity contribution in [2.24, 2.45) is 0 Å². The fourth-order valence-electron chi connectivity index (χ4n) is 0.965. The third kappa shape index (κ3) is 2.01. The van der Waals surface area contributed by atoms with Gasteiger partial charge in [0.15, 0.2) is 12.1 Å². The van der Waals surface area contributed by atoms with Gasteiger partial charge in [0.25, 0.3) is 0 Å². The van der Waals surface area contributed by atoms with Crippen LogP contribution in [-0.2, 0) is 0 Å². The number of Topliss-reactive ketones (excluding diaryl/α,β-unsaturated/α-hetero) is 1. The number of benzene rings is 1. The number of carbonyl (C=O) groups excluding carboxylic acids is 2. The molecule has 4 heteroatoms. The minimum Gasteiger partial charge on any atom is -0.298 e. The lowest BCUT2D eigenvalue weighted by Crippen LogP contribution is -2.00. The summed E-state index contributed by atoms with van der Waals surface area (Å²) in [7, 11) is 0. The maximum Gasteiger partial charge on any atom is 0.160 e. The van der Waals surface area contributed by atoms with E-state index in [4.69, 9.17) is 0 Å². The molecule has 0 saturated heterocycles. The van der Waals surface area contributed by atoms with Gasteiger partial charge in [-0.25, -0.2) is 4.39 Å². The Hall–Kier alpha value is -1.03. The number of carbonyl (C=O) groups is 2. The zero-order chi connectivity index (χ0) is 10.0. The second kappa shape index (κ2) is 3.79. The average molecular weight is 245 g/mol. The molecule has 0 saturated carbocycles. The lowest BCUT2D eigenvalue weighted by Gasteiger charge is -2.01. The molecule has 0 atom stereocenters. The van der Waals surface area contributed by atoms with Gasteiger partial charge in [-0.3, -0.25) is 9.59 Å².